The van der Waals surface area contributed by atoms with Crippen LogP contribution in [0.1, 0.15) is 0 Å². The molecule has 0 fully saturated rings. The molecular formula is C7H10N4. The minimum absolute atomic E-state index is 1.09. The standard InChI is InChI=1S/C7H10N4/c1-9-6-7-5-8-3-4-11(7)10(9)2/h3-6H,1-2H3. The summed E-state index contributed by atoms with van der Waals surface area (Å²) in [6.07, 6.45) is 7.55. The van der Waals surface area contributed by atoms with Gasteiger partial charge in [-0.25, -0.2) is 0 Å². The zero-order chi connectivity index (χ0) is 7.84. The number of hydrazine groups is 2. The van der Waals surface area contributed by atoms with Crippen molar-refractivity contribution in [2.75, 3.05) is 14.1 Å². The van der Waals surface area contributed by atoms with Crippen LogP contribution in [-0.4, -0.2) is 35.4 Å². The summed E-state index contributed by atoms with van der Waals surface area (Å²) in [6, 6.07) is 0. The van der Waals surface area contributed by atoms with E-state index in [4.69, 9.17) is 0 Å². The van der Waals surface area contributed by atoms with Gasteiger partial charge in [0, 0.05) is 32.7 Å². The monoisotopic (exact) mass is 150 g/mol. The number of allylic oxidation sites excluding steroid dienone is 1. The summed E-state index contributed by atoms with van der Waals surface area (Å²) < 4.78 is 0. The Bertz CT molecular complexity index is 253. The number of aliphatic imine (C=N–C) groups is 1. The van der Waals surface area contributed by atoms with Crippen molar-refractivity contribution >= 4 is 6.21 Å². The lowest BCUT2D eigenvalue weighted by Crippen LogP contribution is -2.37. The topological polar surface area (TPSA) is 22.1 Å². The molecule has 0 aromatic carbocycles. The van der Waals surface area contributed by atoms with Gasteiger partial charge >= 0.3 is 0 Å². The zero-order valence-corrected chi connectivity index (χ0v) is 6.60. The van der Waals surface area contributed by atoms with Crippen LogP contribution in [0.25, 0.3) is 0 Å². The Morgan fingerprint density at radius 1 is 1.36 bits per heavy atom. The van der Waals surface area contributed by atoms with Gasteiger partial charge in [0.2, 0.25) is 0 Å². The third-order valence-electron chi connectivity index (χ3n) is 1.85. The molecule has 0 bridgehead atoms. The quantitative estimate of drug-likeness (QED) is 0.499. The molecule has 0 radical (unpaired) electrons. The van der Waals surface area contributed by atoms with Gasteiger partial charge in [-0.2, -0.15) is 0 Å². The second-order valence-corrected chi connectivity index (χ2v) is 2.54. The van der Waals surface area contributed by atoms with E-state index < -0.39 is 0 Å². The van der Waals surface area contributed by atoms with E-state index in [1.807, 2.05) is 47.8 Å². The summed E-state index contributed by atoms with van der Waals surface area (Å²) in [7, 11) is 3.99. The molecule has 0 spiro atoms. The van der Waals surface area contributed by atoms with Gasteiger partial charge in [0.05, 0.1) is 11.9 Å². The summed E-state index contributed by atoms with van der Waals surface area (Å²) in [5, 5.41) is 6.01. The number of hydrogen-bond donors (Lipinski definition) is 0. The van der Waals surface area contributed by atoms with Crippen molar-refractivity contribution in [2.24, 2.45) is 4.99 Å². The highest BCUT2D eigenvalue weighted by Crippen LogP contribution is 2.18. The zero-order valence-electron chi connectivity index (χ0n) is 6.60. The Morgan fingerprint density at radius 2 is 2.18 bits per heavy atom. The molecule has 2 aliphatic rings. The third kappa shape index (κ3) is 0.832. The molecule has 0 saturated carbocycles. The minimum Gasteiger partial charge on any atom is -0.296 e. The highest BCUT2D eigenvalue weighted by Gasteiger charge is 2.22. The summed E-state index contributed by atoms with van der Waals surface area (Å²) >= 11 is 0. The lowest BCUT2D eigenvalue weighted by Gasteiger charge is -2.28. The average Bonchev–Trinajstić information content (AvgIpc) is 2.30. The largest absolute Gasteiger partial charge is 0.296 e. The first kappa shape index (κ1) is 6.42. The SMILES string of the molecule is CN1C=C2C=NC=CN2N1C. The fourth-order valence-electron chi connectivity index (χ4n) is 1.15. The van der Waals surface area contributed by atoms with Gasteiger partial charge in [-0.15, -0.1) is 5.12 Å². The second-order valence-electron chi connectivity index (χ2n) is 2.54. The van der Waals surface area contributed by atoms with Crippen molar-refractivity contribution < 1.29 is 0 Å². The molecule has 2 rings (SSSR count). The van der Waals surface area contributed by atoms with Gasteiger partial charge in [-0.1, -0.05) is 0 Å². The van der Waals surface area contributed by atoms with E-state index in [1.54, 1.807) is 6.20 Å². The van der Waals surface area contributed by atoms with Gasteiger partial charge in [-0.05, 0) is 0 Å². The highest BCUT2D eigenvalue weighted by atomic mass is 15.9. The van der Waals surface area contributed by atoms with Crippen LogP contribution in [0.2, 0.25) is 0 Å². The van der Waals surface area contributed by atoms with E-state index in [0.29, 0.717) is 0 Å². The molecule has 58 valence electrons. The van der Waals surface area contributed by atoms with Crippen LogP contribution in [0, 0.1) is 0 Å². The molecule has 0 N–H and O–H groups in total. The van der Waals surface area contributed by atoms with Crippen LogP contribution >= 0.6 is 0 Å². The Balaban J connectivity index is 2.32. The fourth-order valence-corrected chi connectivity index (χ4v) is 1.15. The molecule has 11 heavy (non-hydrogen) atoms. The molecular weight excluding hydrogens is 140 g/mol. The lowest BCUT2D eigenvalue weighted by atomic mass is 10.4. The van der Waals surface area contributed by atoms with E-state index >= 15 is 0 Å². The van der Waals surface area contributed by atoms with Crippen molar-refractivity contribution in [1.82, 2.24) is 15.1 Å². The van der Waals surface area contributed by atoms with Crippen molar-refractivity contribution in [2.45, 2.75) is 0 Å². The van der Waals surface area contributed by atoms with Crippen molar-refractivity contribution in [3.63, 3.8) is 0 Å². The highest BCUT2D eigenvalue weighted by molar-refractivity contribution is 5.79. The number of fused-ring (bicyclic) bond motifs is 1. The summed E-state index contributed by atoms with van der Waals surface area (Å²) in [5.41, 5.74) is 1.09. The van der Waals surface area contributed by atoms with Crippen LogP contribution in [0.15, 0.2) is 29.3 Å². The molecule has 0 amide bonds. The van der Waals surface area contributed by atoms with E-state index in [-0.39, 0.29) is 0 Å². The molecule has 0 aromatic heterocycles. The van der Waals surface area contributed by atoms with Gasteiger partial charge in [0.1, 0.15) is 0 Å². The number of hydrogen-bond acceptors (Lipinski definition) is 4. The van der Waals surface area contributed by atoms with E-state index in [2.05, 4.69) is 4.99 Å². The second kappa shape index (κ2) is 2.10. The minimum atomic E-state index is 1.09. The number of rotatable bonds is 0. The summed E-state index contributed by atoms with van der Waals surface area (Å²) in [4.78, 5) is 4.02. The summed E-state index contributed by atoms with van der Waals surface area (Å²) in [5.74, 6) is 0. The summed E-state index contributed by atoms with van der Waals surface area (Å²) in [6.45, 7) is 0. The first-order chi connectivity index (χ1) is 5.29. The van der Waals surface area contributed by atoms with Crippen LogP contribution < -0.4 is 0 Å². The van der Waals surface area contributed by atoms with Crippen molar-refractivity contribution in [3.05, 3.63) is 24.3 Å². The van der Waals surface area contributed by atoms with Crippen LogP contribution in [0.4, 0.5) is 0 Å². The van der Waals surface area contributed by atoms with Crippen LogP contribution in [0.5, 0.6) is 0 Å². The van der Waals surface area contributed by atoms with Gasteiger partial charge in [0.15, 0.2) is 0 Å². The van der Waals surface area contributed by atoms with Crippen molar-refractivity contribution in [3.8, 4) is 0 Å². The van der Waals surface area contributed by atoms with E-state index in [0.717, 1.165) is 5.70 Å². The average molecular weight is 150 g/mol. The fraction of sp³-hybridized carbons (Fsp3) is 0.286. The Labute approximate surface area is 65.7 Å². The lowest BCUT2D eigenvalue weighted by molar-refractivity contribution is -0.0411. The molecule has 2 heterocycles. The van der Waals surface area contributed by atoms with Gasteiger partial charge in [-0.3, -0.25) is 15.0 Å². The molecule has 0 atom stereocenters. The van der Waals surface area contributed by atoms with E-state index in [9.17, 15) is 0 Å². The molecule has 0 aliphatic carbocycles. The maximum Gasteiger partial charge on any atom is 0.0948 e. The Hall–Kier alpha value is -1.29. The molecule has 0 aromatic rings. The first-order valence-electron chi connectivity index (χ1n) is 3.46. The number of nitrogens with zero attached hydrogens (tertiary/aromatic N) is 4. The third-order valence-corrected chi connectivity index (χ3v) is 1.85. The maximum absolute atomic E-state index is 4.02. The molecule has 0 unspecified atom stereocenters. The Kier molecular flexibility index (Phi) is 1.22. The predicted octanol–water partition coefficient (Wildman–Crippen LogP) is 0.393. The van der Waals surface area contributed by atoms with Crippen molar-refractivity contribution in [1.29, 1.82) is 0 Å². The molecule has 4 heteroatoms. The van der Waals surface area contributed by atoms with Gasteiger partial charge in [0.25, 0.3) is 0 Å². The maximum atomic E-state index is 4.02. The smallest absolute Gasteiger partial charge is 0.0948 e. The van der Waals surface area contributed by atoms with E-state index in [1.165, 1.54) is 0 Å². The first-order valence-corrected chi connectivity index (χ1v) is 3.46. The van der Waals surface area contributed by atoms with Crippen LogP contribution in [-0.2, 0) is 0 Å². The van der Waals surface area contributed by atoms with Crippen LogP contribution in [0.3, 0.4) is 0 Å². The normalized spacial score (nSPS) is 22.5. The molecule has 2 aliphatic heterocycles. The molecule has 4 nitrogen and oxygen atoms in total. The Morgan fingerprint density at radius 3 is 2.91 bits per heavy atom. The molecule has 0 saturated heterocycles. The van der Waals surface area contributed by atoms with Gasteiger partial charge < -0.3 is 0 Å². The predicted molar refractivity (Wildman–Crippen MR) is 43.1 cm³/mol.